The molecule has 0 aliphatic carbocycles. The zero-order valence-electron chi connectivity index (χ0n) is 11.4. The third-order valence-corrected chi connectivity index (χ3v) is 2.46. The molecule has 0 aromatic carbocycles. The molecule has 20 heavy (non-hydrogen) atoms. The third kappa shape index (κ3) is 3.99. The number of aromatic hydroxyl groups is 1. The zero-order valence-corrected chi connectivity index (χ0v) is 11.4. The van der Waals surface area contributed by atoms with Gasteiger partial charge in [-0.25, -0.2) is 14.2 Å². The minimum absolute atomic E-state index is 0.111. The molecule has 0 aliphatic rings. The van der Waals surface area contributed by atoms with E-state index in [1.165, 1.54) is 0 Å². The minimum atomic E-state index is -1.21. The van der Waals surface area contributed by atoms with E-state index in [1.54, 1.807) is 6.92 Å². The number of likely N-dealkylation sites (N-methyl/N-ethyl adjacent to an activating group) is 1. The average molecular weight is 284 g/mol. The Balaban J connectivity index is 2.92. The number of carbonyl (C=O) groups is 2. The van der Waals surface area contributed by atoms with Crippen LogP contribution in [-0.4, -0.2) is 41.0 Å². The van der Waals surface area contributed by atoms with Crippen LogP contribution in [0.3, 0.4) is 0 Å². The summed E-state index contributed by atoms with van der Waals surface area (Å²) in [6, 6.07) is -0.375. The first-order valence-corrected chi connectivity index (χ1v) is 6.30. The van der Waals surface area contributed by atoms with Gasteiger partial charge in [0, 0.05) is 11.8 Å². The summed E-state index contributed by atoms with van der Waals surface area (Å²) in [6.07, 6.45) is 1.65. The highest BCUT2D eigenvalue weighted by atomic mass is 19.1. The number of nitrogens with one attached hydrogen (secondary N) is 1. The van der Waals surface area contributed by atoms with E-state index >= 15 is 0 Å². The molecule has 1 atom stereocenters. The number of halogens is 1. The van der Waals surface area contributed by atoms with Crippen molar-refractivity contribution in [1.82, 2.24) is 10.3 Å². The maximum atomic E-state index is 13.2. The van der Waals surface area contributed by atoms with Gasteiger partial charge in [0.05, 0.1) is 6.61 Å². The molecular formula is C13H17FN2O4. The number of nitrogens with zero attached hydrogens (tertiary/aromatic N) is 1. The molecule has 0 aliphatic heterocycles. The van der Waals surface area contributed by atoms with Crippen molar-refractivity contribution in [3.63, 3.8) is 0 Å². The van der Waals surface area contributed by atoms with Crippen molar-refractivity contribution in [2.75, 3.05) is 13.2 Å². The number of hydrogen-bond donors (Lipinski definition) is 2. The van der Waals surface area contributed by atoms with Gasteiger partial charge in [-0.1, -0.05) is 13.8 Å². The van der Waals surface area contributed by atoms with E-state index < -0.39 is 29.5 Å². The smallest absolute Gasteiger partial charge is 0.331 e. The predicted octanol–water partition coefficient (Wildman–Crippen LogP) is 1.04. The first kappa shape index (κ1) is 16.0. The SMILES string of the molecule is CCCOC(=O)C(NCC)C(=O)c1cnc(O)c(F)c1. The molecule has 0 bridgehead atoms. The largest absolute Gasteiger partial charge is 0.491 e. The summed E-state index contributed by atoms with van der Waals surface area (Å²) in [4.78, 5) is 27.3. The van der Waals surface area contributed by atoms with Gasteiger partial charge in [-0.2, -0.15) is 0 Å². The lowest BCUT2D eigenvalue weighted by atomic mass is 10.1. The quantitative estimate of drug-likeness (QED) is 0.442. The van der Waals surface area contributed by atoms with E-state index in [1.807, 2.05) is 6.92 Å². The van der Waals surface area contributed by atoms with Crippen LogP contribution < -0.4 is 5.32 Å². The van der Waals surface area contributed by atoms with Gasteiger partial charge in [0.25, 0.3) is 0 Å². The fraction of sp³-hybridized carbons (Fsp3) is 0.462. The highest BCUT2D eigenvalue weighted by Gasteiger charge is 2.28. The molecule has 110 valence electrons. The van der Waals surface area contributed by atoms with Crippen molar-refractivity contribution in [2.24, 2.45) is 0 Å². The van der Waals surface area contributed by atoms with Crippen molar-refractivity contribution in [1.29, 1.82) is 0 Å². The summed E-state index contributed by atoms with van der Waals surface area (Å²) < 4.78 is 18.1. The van der Waals surface area contributed by atoms with Gasteiger partial charge in [-0.3, -0.25) is 10.1 Å². The van der Waals surface area contributed by atoms with Gasteiger partial charge < -0.3 is 9.84 Å². The van der Waals surface area contributed by atoms with E-state index in [4.69, 9.17) is 9.84 Å². The normalized spacial score (nSPS) is 11.9. The van der Waals surface area contributed by atoms with Crippen molar-refractivity contribution < 1.29 is 23.8 Å². The fourth-order valence-electron chi connectivity index (χ4n) is 1.51. The number of hydrogen-bond acceptors (Lipinski definition) is 6. The number of esters is 1. The van der Waals surface area contributed by atoms with Crippen LogP contribution >= 0.6 is 0 Å². The summed E-state index contributed by atoms with van der Waals surface area (Å²) in [5.41, 5.74) is -0.111. The molecule has 0 spiro atoms. The number of rotatable bonds is 7. The molecular weight excluding hydrogens is 267 g/mol. The molecule has 6 nitrogen and oxygen atoms in total. The Morgan fingerprint density at radius 1 is 1.50 bits per heavy atom. The summed E-state index contributed by atoms with van der Waals surface area (Å²) in [7, 11) is 0. The van der Waals surface area contributed by atoms with Gasteiger partial charge in [0.15, 0.2) is 17.6 Å². The Bertz CT molecular complexity index is 493. The number of Topliss-reactive ketones (excluding diaryl/α,β-unsaturated/α-hetero) is 1. The predicted molar refractivity (Wildman–Crippen MR) is 68.9 cm³/mol. The number of carbonyl (C=O) groups excluding carboxylic acids is 2. The molecule has 0 saturated heterocycles. The second-order valence-corrected chi connectivity index (χ2v) is 4.05. The Hall–Kier alpha value is -2.02. The first-order valence-electron chi connectivity index (χ1n) is 6.30. The van der Waals surface area contributed by atoms with Gasteiger partial charge in [0.1, 0.15) is 0 Å². The number of pyridine rings is 1. The van der Waals surface area contributed by atoms with E-state index in [2.05, 4.69) is 10.3 Å². The molecule has 0 fully saturated rings. The number of ether oxygens (including phenoxy) is 1. The Morgan fingerprint density at radius 3 is 2.75 bits per heavy atom. The number of ketones is 1. The third-order valence-electron chi connectivity index (χ3n) is 2.46. The summed E-state index contributed by atoms with van der Waals surface area (Å²) in [5.74, 6) is -3.19. The lowest BCUT2D eigenvalue weighted by Crippen LogP contribution is -2.44. The molecule has 1 aromatic rings. The summed E-state index contributed by atoms with van der Waals surface area (Å²) >= 11 is 0. The fourth-order valence-corrected chi connectivity index (χ4v) is 1.51. The van der Waals surface area contributed by atoms with Gasteiger partial charge >= 0.3 is 5.97 Å². The number of aromatic nitrogens is 1. The monoisotopic (exact) mass is 284 g/mol. The van der Waals surface area contributed by atoms with Crippen LogP contribution in [0.2, 0.25) is 0 Å². The molecule has 0 amide bonds. The lowest BCUT2D eigenvalue weighted by Gasteiger charge is -2.15. The van der Waals surface area contributed by atoms with Gasteiger partial charge in [0.2, 0.25) is 5.88 Å². The molecule has 1 aromatic heterocycles. The Labute approximate surface area is 116 Å². The minimum Gasteiger partial charge on any atom is -0.491 e. The standard InChI is InChI=1S/C13H17FN2O4/c1-3-5-20-13(19)10(15-4-2)11(17)8-6-9(14)12(18)16-7-8/h6-7,10,15H,3-5H2,1-2H3,(H,16,18). The van der Waals surface area contributed by atoms with E-state index in [9.17, 15) is 14.0 Å². The molecule has 2 N–H and O–H groups in total. The average Bonchev–Trinajstić information content (AvgIpc) is 2.44. The maximum absolute atomic E-state index is 13.2. The molecule has 1 unspecified atom stereocenters. The van der Waals surface area contributed by atoms with Crippen molar-refractivity contribution in [3.05, 3.63) is 23.6 Å². The van der Waals surface area contributed by atoms with E-state index in [0.717, 1.165) is 12.3 Å². The molecule has 0 radical (unpaired) electrons. The maximum Gasteiger partial charge on any atom is 0.331 e. The van der Waals surface area contributed by atoms with Crippen LogP contribution in [0.25, 0.3) is 0 Å². The topological polar surface area (TPSA) is 88.5 Å². The zero-order chi connectivity index (χ0) is 15.1. The first-order chi connectivity index (χ1) is 9.51. The van der Waals surface area contributed by atoms with Crippen LogP contribution in [0.4, 0.5) is 4.39 Å². The van der Waals surface area contributed by atoms with E-state index in [0.29, 0.717) is 13.0 Å². The molecule has 0 saturated carbocycles. The highest BCUT2D eigenvalue weighted by molar-refractivity contribution is 6.12. The van der Waals surface area contributed by atoms with Crippen molar-refractivity contribution >= 4 is 11.8 Å². The van der Waals surface area contributed by atoms with Crippen molar-refractivity contribution in [2.45, 2.75) is 26.3 Å². The summed E-state index contributed by atoms with van der Waals surface area (Å²) in [5, 5.41) is 11.7. The van der Waals surface area contributed by atoms with Crippen LogP contribution in [-0.2, 0) is 9.53 Å². The highest BCUT2D eigenvalue weighted by Crippen LogP contribution is 2.14. The van der Waals surface area contributed by atoms with E-state index in [-0.39, 0.29) is 12.2 Å². The van der Waals surface area contributed by atoms with Crippen LogP contribution in [0.15, 0.2) is 12.3 Å². The van der Waals surface area contributed by atoms with Gasteiger partial charge in [-0.15, -0.1) is 0 Å². The van der Waals surface area contributed by atoms with Gasteiger partial charge in [-0.05, 0) is 19.0 Å². The molecule has 7 heteroatoms. The lowest BCUT2D eigenvalue weighted by molar-refractivity contribution is -0.144. The Morgan fingerprint density at radius 2 is 2.20 bits per heavy atom. The summed E-state index contributed by atoms with van der Waals surface area (Å²) in [6.45, 7) is 4.13. The Kier molecular flexibility index (Phi) is 6.05. The van der Waals surface area contributed by atoms with Crippen LogP contribution in [0.5, 0.6) is 5.88 Å². The molecule has 1 rings (SSSR count). The second kappa shape index (κ2) is 7.54. The second-order valence-electron chi connectivity index (χ2n) is 4.05. The van der Waals surface area contributed by atoms with Crippen LogP contribution in [0, 0.1) is 5.82 Å². The van der Waals surface area contributed by atoms with Crippen LogP contribution in [0.1, 0.15) is 30.6 Å². The molecule has 1 heterocycles. The van der Waals surface area contributed by atoms with Crippen molar-refractivity contribution in [3.8, 4) is 5.88 Å².